The Kier molecular flexibility index (Phi) is 5.02. The number of amides is 1. The normalized spacial score (nSPS) is 10.3. The zero-order chi connectivity index (χ0) is 16.8. The van der Waals surface area contributed by atoms with E-state index in [1.807, 2.05) is 36.4 Å². The zero-order valence-corrected chi connectivity index (χ0v) is 13.7. The Morgan fingerprint density at radius 3 is 2.71 bits per heavy atom. The molecule has 3 rings (SSSR count). The molecule has 0 spiro atoms. The smallest absolute Gasteiger partial charge is 0.254 e. The second kappa shape index (κ2) is 7.56. The summed E-state index contributed by atoms with van der Waals surface area (Å²) in [4.78, 5) is 21.4. The summed E-state index contributed by atoms with van der Waals surface area (Å²) in [6, 6.07) is 13.6. The highest BCUT2D eigenvalue weighted by molar-refractivity contribution is 7.09. The van der Waals surface area contributed by atoms with Crippen molar-refractivity contribution in [3.63, 3.8) is 0 Å². The third-order valence-electron chi connectivity index (χ3n) is 3.33. The second-order valence-corrected chi connectivity index (χ2v) is 6.10. The number of primary amides is 1. The van der Waals surface area contributed by atoms with E-state index in [4.69, 9.17) is 5.73 Å². The lowest BCUT2D eigenvalue weighted by Gasteiger charge is -2.11. The molecule has 0 unspecified atom stereocenters. The van der Waals surface area contributed by atoms with Gasteiger partial charge in [-0.1, -0.05) is 24.3 Å². The largest absolute Gasteiger partial charge is 0.365 e. The van der Waals surface area contributed by atoms with Gasteiger partial charge in [0.25, 0.3) is 5.91 Å². The summed E-state index contributed by atoms with van der Waals surface area (Å²) in [5.74, 6) is 0.274. The van der Waals surface area contributed by atoms with E-state index in [0.717, 1.165) is 12.1 Å². The van der Waals surface area contributed by atoms with E-state index < -0.39 is 5.91 Å². The lowest BCUT2D eigenvalue weighted by molar-refractivity contribution is 0.100. The Labute approximate surface area is 143 Å². The topological polar surface area (TPSA) is 92.9 Å². The number of rotatable bonds is 7. The quantitative estimate of drug-likeness (QED) is 0.615. The molecule has 1 amide bonds. The van der Waals surface area contributed by atoms with Crippen LogP contribution in [0.3, 0.4) is 0 Å². The Morgan fingerprint density at radius 2 is 2.00 bits per heavy atom. The molecule has 0 aliphatic carbocycles. The average Bonchev–Trinajstić information content (AvgIpc) is 3.09. The van der Waals surface area contributed by atoms with E-state index >= 15 is 0 Å². The maximum atomic E-state index is 11.6. The van der Waals surface area contributed by atoms with Crippen molar-refractivity contribution in [1.29, 1.82) is 0 Å². The van der Waals surface area contributed by atoms with Crippen molar-refractivity contribution in [2.24, 2.45) is 5.73 Å². The van der Waals surface area contributed by atoms with Crippen LogP contribution in [0.2, 0.25) is 0 Å². The van der Waals surface area contributed by atoms with Crippen LogP contribution in [0.25, 0.3) is 0 Å². The molecule has 3 aromatic rings. The minimum absolute atomic E-state index is 0.252. The first-order valence-corrected chi connectivity index (χ1v) is 8.35. The summed E-state index contributed by atoms with van der Waals surface area (Å²) in [6.45, 7) is 0.710. The van der Waals surface area contributed by atoms with Crippen LogP contribution < -0.4 is 16.4 Å². The molecule has 0 atom stereocenters. The lowest BCUT2D eigenvalue weighted by atomic mass is 10.2. The minimum atomic E-state index is -0.571. The van der Waals surface area contributed by atoms with Crippen LogP contribution >= 0.6 is 11.3 Å². The summed E-state index contributed by atoms with van der Waals surface area (Å²) in [5.41, 5.74) is 6.48. The van der Waals surface area contributed by atoms with Crippen LogP contribution in [0.5, 0.6) is 0 Å². The van der Waals surface area contributed by atoms with Crippen molar-refractivity contribution in [3.05, 3.63) is 64.5 Å². The number of aromatic nitrogens is 2. The molecule has 2 heterocycles. The number of hydrogen-bond donors (Lipinski definition) is 3. The Balaban J connectivity index is 1.73. The molecular weight excluding hydrogens is 322 g/mol. The highest BCUT2D eigenvalue weighted by atomic mass is 32.1. The molecule has 6 nitrogen and oxygen atoms in total. The average molecular weight is 339 g/mol. The fourth-order valence-corrected chi connectivity index (χ4v) is 2.86. The minimum Gasteiger partial charge on any atom is -0.365 e. The predicted molar refractivity (Wildman–Crippen MR) is 96.8 cm³/mol. The molecule has 0 fully saturated rings. The van der Waals surface area contributed by atoms with Crippen molar-refractivity contribution < 1.29 is 4.79 Å². The predicted octanol–water partition coefficient (Wildman–Crippen LogP) is 3.04. The molecule has 0 saturated heterocycles. The van der Waals surface area contributed by atoms with E-state index in [-0.39, 0.29) is 5.56 Å². The first kappa shape index (κ1) is 15.9. The van der Waals surface area contributed by atoms with E-state index in [9.17, 15) is 4.79 Å². The van der Waals surface area contributed by atoms with Crippen LogP contribution in [-0.4, -0.2) is 22.4 Å². The van der Waals surface area contributed by atoms with Gasteiger partial charge in [0.2, 0.25) is 5.95 Å². The van der Waals surface area contributed by atoms with Gasteiger partial charge in [0, 0.05) is 23.3 Å². The Bertz CT molecular complexity index is 805. The molecule has 4 N–H and O–H groups in total. The number of carbonyl (C=O) groups is 1. The standard InChI is InChI=1S/C17H17N5OS/c18-15(23)14-11-20-17(19-9-8-13-7-4-10-24-13)22-16(14)21-12-5-2-1-3-6-12/h1-7,10-11H,8-9H2,(H2,18,23)(H2,19,20,21,22). The maximum absolute atomic E-state index is 11.6. The summed E-state index contributed by atoms with van der Waals surface area (Å²) >= 11 is 1.72. The molecule has 0 radical (unpaired) electrons. The monoisotopic (exact) mass is 339 g/mol. The van der Waals surface area contributed by atoms with Crippen LogP contribution in [0.1, 0.15) is 15.2 Å². The summed E-state index contributed by atoms with van der Waals surface area (Å²) < 4.78 is 0. The van der Waals surface area contributed by atoms with Crippen molar-refractivity contribution in [3.8, 4) is 0 Å². The molecule has 2 aromatic heterocycles. The number of benzene rings is 1. The third-order valence-corrected chi connectivity index (χ3v) is 4.26. The van der Waals surface area contributed by atoms with Gasteiger partial charge in [-0.15, -0.1) is 11.3 Å². The van der Waals surface area contributed by atoms with Crippen molar-refractivity contribution in [2.45, 2.75) is 6.42 Å². The van der Waals surface area contributed by atoms with E-state index in [1.54, 1.807) is 11.3 Å². The van der Waals surface area contributed by atoms with Gasteiger partial charge in [0.05, 0.1) is 0 Å². The Hall–Kier alpha value is -2.93. The van der Waals surface area contributed by atoms with Gasteiger partial charge in [0.15, 0.2) is 0 Å². The zero-order valence-electron chi connectivity index (χ0n) is 12.9. The van der Waals surface area contributed by atoms with Crippen LogP contribution in [0.4, 0.5) is 17.5 Å². The molecule has 7 heteroatoms. The molecule has 0 aliphatic heterocycles. The molecule has 0 bridgehead atoms. The lowest BCUT2D eigenvalue weighted by Crippen LogP contribution is -2.16. The van der Waals surface area contributed by atoms with Gasteiger partial charge in [-0.3, -0.25) is 4.79 Å². The van der Waals surface area contributed by atoms with Gasteiger partial charge in [-0.05, 0) is 30.0 Å². The summed E-state index contributed by atoms with van der Waals surface area (Å²) in [6.07, 6.45) is 2.33. The van der Waals surface area contributed by atoms with Gasteiger partial charge in [0.1, 0.15) is 11.4 Å². The summed E-state index contributed by atoms with van der Waals surface area (Å²) in [5, 5.41) is 8.33. The molecule has 24 heavy (non-hydrogen) atoms. The number of hydrogen-bond acceptors (Lipinski definition) is 6. The van der Waals surface area contributed by atoms with Gasteiger partial charge < -0.3 is 16.4 Å². The van der Waals surface area contributed by atoms with Crippen LogP contribution in [-0.2, 0) is 6.42 Å². The highest BCUT2D eigenvalue weighted by Gasteiger charge is 2.12. The van der Waals surface area contributed by atoms with E-state index in [1.165, 1.54) is 11.1 Å². The molecule has 0 saturated carbocycles. The number of thiophene rings is 1. The first-order chi connectivity index (χ1) is 11.7. The van der Waals surface area contributed by atoms with Crippen molar-refractivity contribution in [2.75, 3.05) is 17.2 Å². The van der Waals surface area contributed by atoms with Crippen LogP contribution in [0, 0.1) is 0 Å². The molecule has 0 aliphatic rings. The van der Waals surface area contributed by atoms with Gasteiger partial charge >= 0.3 is 0 Å². The first-order valence-electron chi connectivity index (χ1n) is 7.47. The number of nitrogens with zero attached hydrogens (tertiary/aromatic N) is 2. The fraction of sp³-hybridized carbons (Fsp3) is 0.118. The molecule has 122 valence electrons. The number of nitrogens with two attached hydrogens (primary N) is 1. The van der Waals surface area contributed by atoms with E-state index in [2.05, 4.69) is 32.0 Å². The van der Waals surface area contributed by atoms with Crippen molar-refractivity contribution in [1.82, 2.24) is 9.97 Å². The third kappa shape index (κ3) is 4.08. The highest BCUT2D eigenvalue weighted by Crippen LogP contribution is 2.19. The van der Waals surface area contributed by atoms with Gasteiger partial charge in [-0.2, -0.15) is 4.98 Å². The SMILES string of the molecule is NC(=O)c1cnc(NCCc2cccs2)nc1Nc1ccccc1. The fourth-order valence-electron chi connectivity index (χ4n) is 2.15. The number of anilines is 3. The van der Waals surface area contributed by atoms with E-state index in [0.29, 0.717) is 18.3 Å². The number of para-hydroxylation sites is 1. The molecule has 1 aromatic carbocycles. The maximum Gasteiger partial charge on any atom is 0.254 e. The van der Waals surface area contributed by atoms with Crippen LogP contribution in [0.15, 0.2) is 54.0 Å². The number of nitrogens with one attached hydrogen (secondary N) is 2. The molecular formula is C17H17N5OS. The van der Waals surface area contributed by atoms with Gasteiger partial charge in [-0.25, -0.2) is 4.98 Å². The van der Waals surface area contributed by atoms with Crippen molar-refractivity contribution >= 4 is 34.7 Å². The number of carbonyl (C=O) groups excluding carboxylic acids is 1. The second-order valence-electron chi connectivity index (χ2n) is 5.07. The summed E-state index contributed by atoms with van der Waals surface area (Å²) in [7, 11) is 0. The Morgan fingerprint density at radius 1 is 1.17 bits per heavy atom.